The Morgan fingerprint density at radius 3 is 2.50 bits per heavy atom. The van der Waals surface area contributed by atoms with Crippen LogP contribution in [-0.4, -0.2) is 35.7 Å². The van der Waals surface area contributed by atoms with E-state index in [2.05, 4.69) is 38.2 Å². The first-order chi connectivity index (χ1) is 9.40. The molecule has 0 bridgehead atoms. The van der Waals surface area contributed by atoms with Crippen LogP contribution in [0.4, 0.5) is 10.5 Å². The number of hydrogen-bond donors (Lipinski definition) is 2. The smallest absolute Gasteiger partial charge is 0.321 e. The number of urea groups is 1. The van der Waals surface area contributed by atoms with Gasteiger partial charge in [0.25, 0.3) is 0 Å². The Morgan fingerprint density at radius 2 is 2.00 bits per heavy atom. The molecule has 110 valence electrons. The lowest BCUT2D eigenvalue weighted by Gasteiger charge is -2.20. The van der Waals surface area contributed by atoms with Crippen molar-refractivity contribution in [1.29, 1.82) is 0 Å². The van der Waals surface area contributed by atoms with E-state index >= 15 is 0 Å². The van der Waals surface area contributed by atoms with E-state index < -0.39 is 0 Å². The van der Waals surface area contributed by atoms with Crippen molar-refractivity contribution in [3.63, 3.8) is 0 Å². The van der Waals surface area contributed by atoms with Gasteiger partial charge in [0.15, 0.2) is 0 Å². The minimum Gasteiger partial charge on any atom is -0.396 e. The molecule has 20 heavy (non-hydrogen) atoms. The SMILES string of the molecule is CC(C)(C)c1ccc(NC(=O)N2CCC(CO)C2)cc1. The predicted octanol–water partition coefficient (Wildman–Crippen LogP) is 2.83. The lowest BCUT2D eigenvalue weighted by atomic mass is 9.87. The number of aliphatic hydroxyl groups excluding tert-OH is 1. The topological polar surface area (TPSA) is 52.6 Å². The first kappa shape index (κ1) is 14.9. The summed E-state index contributed by atoms with van der Waals surface area (Å²) in [6, 6.07) is 7.91. The van der Waals surface area contributed by atoms with Gasteiger partial charge in [0.05, 0.1) is 0 Å². The zero-order chi connectivity index (χ0) is 14.8. The number of anilines is 1. The number of rotatable bonds is 2. The molecule has 0 radical (unpaired) electrons. The van der Waals surface area contributed by atoms with E-state index in [1.54, 1.807) is 4.90 Å². The highest BCUT2D eigenvalue weighted by Crippen LogP contribution is 2.24. The molecule has 1 saturated heterocycles. The summed E-state index contributed by atoms with van der Waals surface area (Å²) in [6.07, 6.45) is 0.882. The molecule has 2 amide bonds. The van der Waals surface area contributed by atoms with E-state index in [-0.39, 0.29) is 24.0 Å². The van der Waals surface area contributed by atoms with Crippen LogP contribution in [0, 0.1) is 5.92 Å². The Hall–Kier alpha value is -1.55. The van der Waals surface area contributed by atoms with Crippen molar-refractivity contribution in [3.05, 3.63) is 29.8 Å². The maximum absolute atomic E-state index is 12.1. The van der Waals surface area contributed by atoms with Crippen LogP contribution in [0.15, 0.2) is 24.3 Å². The number of amides is 2. The lowest BCUT2D eigenvalue weighted by molar-refractivity contribution is 0.209. The van der Waals surface area contributed by atoms with E-state index in [1.807, 2.05) is 12.1 Å². The molecule has 1 aromatic carbocycles. The number of carbonyl (C=O) groups is 1. The maximum atomic E-state index is 12.1. The van der Waals surface area contributed by atoms with Crippen LogP contribution in [0.2, 0.25) is 0 Å². The molecule has 4 heteroatoms. The predicted molar refractivity (Wildman–Crippen MR) is 80.9 cm³/mol. The van der Waals surface area contributed by atoms with Crippen LogP contribution in [0.5, 0.6) is 0 Å². The maximum Gasteiger partial charge on any atom is 0.321 e. The standard InChI is InChI=1S/C16H24N2O2/c1-16(2,3)13-4-6-14(7-5-13)17-15(20)18-9-8-12(10-18)11-19/h4-7,12,19H,8-11H2,1-3H3,(H,17,20). The number of benzene rings is 1. The third-order valence-electron chi connectivity index (χ3n) is 3.83. The van der Waals surface area contributed by atoms with Gasteiger partial charge in [-0.1, -0.05) is 32.9 Å². The third-order valence-corrected chi connectivity index (χ3v) is 3.83. The summed E-state index contributed by atoms with van der Waals surface area (Å²) in [7, 11) is 0. The van der Waals surface area contributed by atoms with Gasteiger partial charge in [-0.25, -0.2) is 4.79 Å². The van der Waals surface area contributed by atoms with Crippen LogP contribution in [-0.2, 0) is 5.41 Å². The first-order valence-electron chi connectivity index (χ1n) is 7.17. The summed E-state index contributed by atoms with van der Waals surface area (Å²) in [5.41, 5.74) is 2.18. The van der Waals surface area contributed by atoms with Crippen molar-refractivity contribution < 1.29 is 9.90 Å². The molecule has 1 unspecified atom stereocenters. The van der Waals surface area contributed by atoms with Crippen LogP contribution >= 0.6 is 0 Å². The van der Waals surface area contributed by atoms with Crippen LogP contribution in [0.3, 0.4) is 0 Å². The van der Waals surface area contributed by atoms with E-state index in [4.69, 9.17) is 5.11 Å². The molecular formula is C16H24N2O2. The summed E-state index contributed by atoms with van der Waals surface area (Å²) in [6.45, 7) is 8.02. The highest BCUT2D eigenvalue weighted by molar-refractivity contribution is 5.89. The second-order valence-electron chi connectivity index (χ2n) is 6.54. The lowest BCUT2D eigenvalue weighted by Crippen LogP contribution is -2.33. The summed E-state index contributed by atoms with van der Waals surface area (Å²) in [5, 5.41) is 12.0. The molecule has 1 aliphatic heterocycles. The normalized spacial score (nSPS) is 19.2. The quantitative estimate of drug-likeness (QED) is 0.872. The fraction of sp³-hybridized carbons (Fsp3) is 0.562. The van der Waals surface area contributed by atoms with Crippen molar-refractivity contribution >= 4 is 11.7 Å². The average molecular weight is 276 g/mol. The number of nitrogens with zero attached hydrogens (tertiary/aromatic N) is 1. The third kappa shape index (κ3) is 3.51. The Balaban J connectivity index is 1.95. The number of aliphatic hydroxyl groups is 1. The molecule has 1 atom stereocenters. The van der Waals surface area contributed by atoms with Gasteiger partial charge < -0.3 is 15.3 Å². The highest BCUT2D eigenvalue weighted by atomic mass is 16.3. The molecule has 1 heterocycles. The molecule has 4 nitrogen and oxygen atoms in total. The van der Waals surface area contributed by atoms with Crippen LogP contribution < -0.4 is 5.32 Å². The number of carbonyl (C=O) groups excluding carboxylic acids is 1. The molecular weight excluding hydrogens is 252 g/mol. The Kier molecular flexibility index (Phi) is 4.33. The Bertz CT molecular complexity index is 462. The average Bonchev–Trinajstić information content (AvgIpc) is 2.87. The minimum atomic E-state index is -0.0792. The fourth-order valence-corrected chi connectivity index (χ4v) is 2.42. The molecule has 1 aliphatic rings. The van der Waals surface area contributed by atoms with E-state index in [0.717, 1.165) is 18.7 Å². The Morgan fingerprint density at radius 1 is 1.35 bits per heavy atom. The zero-order valence-corrected chi connectivity index (χ0v) is 12.5. The highest BCUT2D eigenvalue weighted by Gasteiger charge is 2.25. The molecule has 1 aromatic rings. The molecule has 0 saturated carbocycles. The first-order valence-corrected chi connectivity index (χ1v) is 7.17. The van der Waals surface area contributed by atoms with Gasteiger partial charge in [-0.3, -0.25) is 0 Å². The molecule has 0 aliphatic carbocycles. The second kappa shape index (κ2) is 5.83. The summed E-state index contributed by atoms with van der Waals surface area (Å²) < 4.78 is 0. The van der Waals surface area contributed by atoms with Gasteiger partial charge in [0.1, 0.15) is 0 Å². The molecule has 2 rings (SSSR count). The van der Waals surface area contributed by atoms with Gasteiger partial charge in [0.2, 0.25) is 0 Å². The number of likely N-dealkylation sites (tertiary alicyclic amines) is 1. The molecule has 1 fully saturated rings. The van der Waals surface area contributed by atoms with Gasteiger partial charge in [0, 0.05) is 31.3 Å². The van der Waals surface area contributed by atoms with Gasteiger partial charge in [-0.2, -0.15) is 0 Å². The van der Waals surface area contributed by atoms with Crippen molar-refractivity contribution in [2.75, 3.05) is 25.0 Å². The fourth-order valence-electron chi connectivity index (χ4n) is 2.42. The monoisotopic (exact) mass is 276 g/mol. The minimum absolute atomic E-state index is 0.0792. The van der Waals surface area contributed by atoms with Crippen LogP contribution in [0.25, 0.3) is 0 Å². The van der Waals surface area contributed by atoms with Crippen molar-refractivity contribution in [2.45, 2.75) is 32.6 Å². The number of nitrogens with one attached hydrogen (secondary N) is 1. The van der Waals surface area contributed by atoms with E-state index in [9.17, 15) is 4.79 Å². The van der Waals surface area contributed by atoms with E-state index in [1.165, 1.54) is 5.56 Å². The summed E-state index contributed by atoms with van der Waals surface area (Å²) in [4.78, 5) is 13.9. The van der Waals surface area contributed by atoms with Gasteiger partial charge in [-0.05, 0) is 29.5 Å². The molecule has 2 N–H and O–H groups in total. The molecule has 0 aromatic heterocycles. The van der Waals surface area contributed by atoms with Crippen LogP contribution in [0.1, 0.15) is 32.8 Å². The van der Waals surface area contributed by atoms with Crippen molar-refractivity contribution in [3.8, 4) is 0 Å². The van der Waals surface area contributed by atoms with Gasteiger partial charge >= 0.3 is 6.03 Å². The largest absolute Gasteiger partial charge is 0.396 e. The zero-order valence-electron chi connectivity index (χ0n) is 12.5. The van der Waals surface area contributed by atoms with Gasteiger partial charge in [-0.15, -0.1) is 0 Å². The summed E-state index contributed by atoms with van der Waals surface area (Å²) in [5.74, 6) is 0.226. The van der Waals surface area contributed by atoms with Crippen molar-refractivity contribution in [1.82, 2.24) is 4.90 Å². The summed E-state index contributed by atoms with van der Waals surface area (Å²) >= 11 is 0. The van der Waals surface area contributed by atoms with E-state index in [0.29, 0.717) is 6.54 Å². The number of hydrogen-bond acceptors (Lipinski definition) is 2. The van der Waals surface area contributed by atoms with Crippen molar-refractivity contribution in [2.24, 2.45) is 5.92 Å². The molecule has 0 spiro atoms. The second-order valence-corrected chi connectivity index (χ2v) is 6.54. The Labute approximate surface area is 120 Å².